The van der Waals surface area contributed by atoms with Gasteiger partial charge in [-0.15, -0.1) is 0 Å². The number of hydrogen-bond acceptors (Lipinski definition) is 8. The fourth-order valence-electron chi connectivity index (χ4n) is 3.28. The van der Waals surface area contributed by atoms with Crippen LogP contribution in [0.4, 0.5) is 5.69 Å². The second kappa shape index (κ2) is 12.3. The molecule has 1 amide bonds. The van der Waals surface area contributed by atoms with Crippen molar-refractivity contribution in [3.05, 3.63) is 71.3 Å². The van der Waals surface area contributed by atoms with Gasteiger partial charge < -0.3 is 31.4 Å². The van der Waals surface area contributed by atoms with Crippen molar-refractivity contribution in [2.24, 2.45) is 11.5 Å². The predicted octanol–water partition coefficient (Wildman–Crippen LogP) is 3.00. The van der Waals surface area contributed by atoms with Crippen molar-refractivity contribution in [3.63, 3.8) is 0 Å². The summed E-state index contributed by atoms with van der Waals surface area (Å²) in [4.78, 5) is 38.2. The largest absolute Gasteiger partial charge is 0.490 e. The van der Waals surface area contributed by atoms with Crippen LogP contribution in [0, 0.1) is 0 Å². The van der Waals surface area contributed by atoms with Crippen LogP contribution in [0.25, 0.3) is 0 Å². The lowest BCUT2D eigenvalue weighted by Crippen LogP contribution is -2.60. The number of aromatic carboxylic acids is 1. The Bertz CT molecular complexity index is 1140. The predicted molar refractivity (Wildman–Crippen MR) is 141 cm³/mol. The molecule has 2 aromatic carbocycles. The van der Waals surface area contributed by atoms with E-state index in [-0.39, 0.29) is 24.2 Å². The molecule has 0 saturated carbocycles. The average Bonchev–Trinajstić information content (AvgIpc) is 2.81. The molecule has 0 bridgehead atoms. The number of benzene rings is 2. The summed E-state index contributed by atoms with van der Waals surface area (Å²) in [6.45, 7) is 5.39. The number of esters is 1. The van der Waals surface area contributed by atoms with Gasteiger partial charge in [0.2, 0.25) is 5.54 Å². The van der Waals surface area contributed by atoms with Crippen LogP contribution in [-0.4, -0.2) is 46.1 Å². The molecule has 192 valence electrons. The number of amides is 1. The SMILES string of the molecule is CC(C)(C)OC(=O)[C@@](Cc1ccc(OCC=CC=S)cc1)(Nc1ccc(CN)cc1C(=O)O)C(N)=O. The van der Waals surface area contributed by atoms with Crippen molar-refractivity contribution in [3.8, 4) is 5.75 Å². The molecular formula is C26H31N3O6S. The maximum atomic E-state index is 13.4. The van der Waals surface area contributed by atoms with Crippen LogP contribution in [0.3, 0.4) is 0 Å². The molecule has 10 heteroatoms. The van der Waals surface area contributed by atoms with Gasteiger partial charge in [-0.1, -0.05) is 36.5 Å². The van der Waals surface area contributed by atoms with Crippen LogP contribution in [0.2, 0.25) is 0 Å². The van der Waals surface area contributed by atoms with Crippen LogP contribution in [0.15, 0.2) is 54.6 Å². The van der Waals surface area contributed by atoms with Crippen LogP contribution >= 0.6 is 12.2 Å². The monoisotopic (exact) mass is 513 g/mol. The number of rotatable bonds is 12. The third-order valence-electron chi connectivity index (χ3n) is 5.02. The quantitative estimate of drug-likeness (QED) is 0.145. The number of thiocarbonyl (C=S) groups is 1. The summed E-state index contributed by atoms with van der Waals surface area (Å²) >= 11 is 4.72. The summed E-state index contributed by atoms with van der Waals surface area (Å²) < 4.78 is 11.1. The lowest BCUT2D eigenvalue weighted by Gasteiger charge is -2.34. The van der Waals surface area contributed by atoms with E-state index in [0.717, 1.165) is 0 Å². The van der Waals surface area contributed by atoms with E-state index >= 15 is 0 Å². The molecule has 2 rings (SSSR count). The first kappa shape index (κ1) is 28.5. The number of ether oxygens (including phenoxy) is 2. The topological polar surface area (TPSA) is 154 Å². The van der Waals surface area contributed by atoms with Crippen LogP contribution in [0.5, 0.6) is 5.75 Å². The maximum absolute atomic E-state index is 13.4. The molecule has 36 heavy (non-hydrogen) atoms. The van der Waals surface area contributed by atoms with E-state index in [9.17, 15) is 19.5 Å². The lowest BCUT2D eigenvalue weighted by atomic mass is 9.88. The molecule has 0 saturated heterocycles. The fourth-order valence-corrected chi connectivity index (χ4v) is 3.39. The van der Waals surface area contributed by atoms with Crippen LogP contribution in [0.1, 0.15) is 42.3 Å². The van der Waals surface area contributed by atoms with Crippen LogP contribution in [-0.2, 0) is 27.3 Å². The number of carbonyl (C=O) groups excluding carboxylic acids is 2. The number of hydrogen-bond donors (Lipinski definition) is 4. The Morgan fingerprint density at radius 1 is 1.08 bits per heavy atom. The lowest BCUT2D eigenvalue weighted by molar-refractivity contribution is -0.162. The Balaban J connectivity index is 2.50. The second-order valence-electron chi connectivity index (χ2n) is 8.98. The molecule has 0 radical (unpaired) electrons. The number of carboxylic acids is 1. The number of carbonyl (C=O) groups is 3. The Morgan fingerprint density at radius 2 is 1.72 bits per heavy atom. The van der Waals surface area contributed by atoms with Gasteiger partial charge in [0.25, 0.3) is 5.91 Å². The molecule has 6 N–H and O–H groups in total. The number of allylic oxidation sites excluding steroid dienone is 1. The van der Waals surface area contributed by atoms with Gasteiger partial charge in [0.05, 0.1) is 5.56 Å². The highest BCUT2D eigenvalue weighted by molar-refractivity contribution is 7.79. The van der Waals surface area contributed by atoms with Gasteiger partial charge in [-0.3, -0.25) is 4.79 Å². The first-order chi connectivity index (χ1) is 16.9. The highest BCUT2D eigenvalue weighted by Gasteiger charge is 2.48. The molecule has 0 fully saturated rings. The maximum Gasteiger partial charge on any atom is 0.342 e. The molecule has 1 atom stereocenters. The van der Waals surface area contributed by atoms with Crippen molar-refractivity contribution < 1.29 is 29.0 Å². The Labute approximate surface area is 215 Å². The zero-order chi connectivity index (χ0) is 26.9. The molecule has 0 aromatic heterocycles. The number of anilines is 1. The van der Waals surface area contributed by atoms with Gasteiger partial charge >= 0.3 is 11.9 Å². The summed E-state index contributed by atoms with van der Waals surface area (Å²) in [5.41, 5.74) is 9.36. The van der Waals surface area contributed by atoms with Gasteiger partial charge in [0.15, 0.2) is 0 Å². The normalized spacial score (nSPS) is 13.0. The molecule has 0 aliphatic heterocycles. The van der Waals surface area contributed by atoms with E-state index in [0.29, 0.717) is 23.5 Å². The van der Waals surface area contributed by atoms with E-state index in [4.69, 9.17) is 33.2 Å². The van der Waals surface area contributed by atoms with Crippen molar-refractivity contribution >= 4 is 41.1 Å². The molecule has 0 heterocycles. The van der Waals surface area contributed by atoms with E-state index in [1.54, 1.807) is 63.3 Å². The molecule has 9 nitrogen and oxygen atoms in total. The van der Waals surface area contributed by atoms with Gasteiger partial charge in [-0.25, -0.2) is 9.59 Å². The summed E-state index contributed by atoms with van der Waals surface area (Å²) in [7, 11) is 0. The summed E-state index contributed by atoms with van der Waals surface area (Å²) in [5.74, 6) is -2.67. The minimum atomic E-state index is -2.11. The summed E-state index contributed by atoms with van der Waals surface area (Å²) in [6, 6.07) is 11.1. The number of nitrogens with one attached hydrogen (secondary N) is 1. The van der Waals surface area contributed by atoms with Crippen molar-refractivity contribution in [1.29, 1.82) is 0 Å². The average molecular weight is 514 g/mol. The Kier molecular flexibility index (Phi) is 9.71. The number of nitrogens with two attached hydrogens (primary N) is 2. The van der Waals surface area contributed by atoms with Gasteiger partial charge in [0, 0.05) is 24.0 Å². The first-order valence-electron chi connectivity index (χ1n) is 11.1. The van der Waals surface area contributed by atoms with Crippen LogP contribution < -0.4 is 21.5 Å². The van der Waals surface area contributed by atoms with E-state index < -0.39 is 29.0 Å². The molecule has 2 aromatic rings. The molecular weight excluding hydrogens is 482 g/mol. The standard InChI is InChI=1S/C26H31N3O6S/c1-25(2,3)35-24(33)26(23(28)32,29-21-11-8-18(16-27)14-20(21)22(30)31)15-17-6-9-19(10-7-17)34-12-4-5-13-36/h4-11,13-14,29H,12,15-16,27H2,1-3H3,(H2,28,32)(H,30,31)/t26-/m0/s1. The second-order valence-corrected chi connectivity index (χ2v) is 9.25. The Morgan fingerprint density at radius 3 is 2.25 bits per heavy atom. The fraction of sp³-hybridized carbons (Fsp3) is 0.308. The van der Waals surface area contributed by atoms with Gasteiger partial charge in [0.1, 0.15) is 18.0 Å². The summed E-state index contributed by atoms with van der Waals surface area (Å²) in [5, 5.41) is 14.0. The highest BCUT2D eigenvalue weighted by Crippen LogP contribution is 2.28. The third kappa shape index (κ3) is 7.62. The van der Waals surface area contributed by atoms with Crippen molar-refractivity contribution in [2.45, 2.75) is 44.9 Å². The zero-order valence-electron chi connectivity index (χ0n) is 20.4. The van der Waals surface area contributed by atoms with Crippen molar-refractivity contribution in [2.75, 3.05) is 11.9 Å². The van der Waals surface area contributed by atoms with E-state index in [1.807, 2.05) is 0 Å². The number of primary amides is 1. The van der Waals surface area contributed by atoms with Gasteiger partial charge in [-0.2, -0.15) is 0 Å². The third-order valence-corrected chi connectivity index (χ3v) is 5.18. The molecule has 0 aliphatic carbocycles. The molecule has 0 unspecified atom stereocenters. The van der Waals surface area contributed by atoms with E-state index in [1.165, 1.54) is 17.5 Å². The van der Waals surface area contributed by atoms with E-state index in [2.05, 4.69) is 5.32 Å². The first-order valence-corrected chi connectivity index (χ1v) is 11.6. The minimum Gasteiger partial charge on any atom is -0.490 e. The molecule has 0 aliphatic rings. The highest BCUT2D eigenvalue weighted by atomic mass is 32.1. The van der Waals surface area contributed by atoms with Crippen molar-refractivity contribution in [1.82, 2.24) is 0 Å². The van der Waals surface area contributed by atoms with Gasteiger partial charge in [-0.05, 0) is 62.2 Å². The zero-order valence-corrected chi connectivity index (χ0v) is 21.3. The number of carboxylic acid groups (broad SMARTS) is 1. The molecule has 0 spiro atoms. The Hall–Kier alpha value is -3.76. The summed E-state index contributed by atoms with van der Waals surface area (Å²) in [6.07, 6.45) is 3.23. The smallest absolute Gasteiger partial charge is 0.342 e. The minimum absolute atomic E-state index is 0.0228.